The first-order valence-corrected chi connectivity index (χ1v) is 10.3. The SMILES string of the molecule is COc1ccc(C(=O)N2CCN(CC(C)(C)C)CC2)cc1S(C)(=O)=O. The number of sulfone groups is 1. The fourth-order valence-corrected chi connectivity index (χ4v) is 3.92. The highest BCUT2D eigenvalue weighted by Gasteiger charge is 2.26. The van der Waals surface area contributed by atoms with Gasteiger partial charge in [0.15, 0.2) is 9.84 Å². The number of methoxy groups -OCH3 is 1. The fraction of sp³-hybridized carbons (Fsp3) is 0.611. The number of hydrogen-bond donors (Lipinski definition) is 0. The van der Waals surface area contributed by atoms with Crippen molar-refractivity contribution in [3.8, 4) is 5.75 Å². The third-order valence-electron chi connectivity index (χ3n) is 4.17. The average Bonchev–Trinajstić information content (AvgIpc) is 2.52. The maximum Gasteiger partial charge on any atom is 0.253 e. The van der Waals surface area contributed by atoms with Crippen LogP contribution in [0.4, 0.5) is 0 Å². The van der Waals surface area contributed by atoms with E-state index in [0.717, 1.165) is 25.9 Å². The molecule has 1 aromatic carbocycles. The molecule has 140 valence electrons. The van der Waals surface area contributed by atoms with Gasteiger partial charge in [0.2, 0.25) is 0 Å². The minimum atomic E-state index is -3.47. The highest BCUT2D eigenvalue weighted by molar-refractivity contribution is 7.90. The summed E-state index contributed by atoms with van der Waals surface area (Å²) in [6.45, 7) is 10.6. The molecule has 7 heteroatoms. The normalized spacial score (nSPS) is 16.8. The molecule has 1 aliphatic rings. The zero-order valence-corrected chi connectivity index (χ0v) is 16.5. The van der Waals surface area contributed by atoms with Gasteiger partial charge in [0.05, 0.1) is 7.11 Å². The van der Waals surface area contributed by atoms with Gasteiger partial charge in [-0.05, 0) is 23.6 Å². The molecule has 25 heavy (non-hydrogen) atoms. The molecule has 0 aromatic heterocycles. The van der Waals surface area contributed by atoms with Gasteiger partial charge in [-0.2, -0.15) is 0 Å². The van der Waals surface area contributed by atoms with Crippen molar-refractivity contribution in [3.63, 3.8) is 0 Å². The van der Waals surface area contributed by atoms with Crippen LogP contribution in [-0.2, 0) is 9.84 Å². The molecule has 1 saturated heterocycles. The lowest BCUT2D eigenvalue weighted by atomic mass is 9.96. The van der Waals surface area contributed by atoms with Crippen molar-refractivity contribution in [1.82, 2.24) is 9.80 Å². The number of rotatable bonds is 4. The summed E-state index contributed by atoms with van der Waals surface area (Å²) in [7, 11) is -2.05. The van der Waals surface area contributed by atoms with Crippen molar-refractivity contribution in [2.45, 2.75) is 25.7 Å². The van der Waals surface area contributed by atoms with E-state index in [1.165, 1.54) is 13.2 Å². The maximum absolute atomic E-state index is 12.7. The Hall–Kier alpha value is -1.60. The third kappa shape index (κ3) is 5.19. The van der Waals surface area contributed by atoms with Gasteiger partial charge in [-0.15, -0.1) is 0 Å². The predicted octanol–water partition coefficient (Wildman–Crippen LogP) is 1.90. The van der Waals surface area contributed by atoms with Crippen LogP contribution in [0.15, 0.2) is 23.1 Å². The molecule has 1 aliphatic heterocycles. The number of ether oxygens (including phenoxy) is 1. The Morgan fingerprint density at radius 3 is 2.24 bits per heavy atom. The van der Waals surface area contributed by atoms with E-state index in [0.29, 0.717) is 18.7 Å². The number of benzene rings is 1. The van der Waals surface area contributed by atoms with Crippen LogP contribution in [0.2, 0.25) is 0 Å². The number of nitrogens with zero attached hydrogens (tertiary/aromatic N) is 2. The van der Waals surface area contributed by atoms with E-state index in [1.807, 2.05) is 0 Å². The number of carbonyl (C=O) groups excluding carboxylic acids is 1. The van der Waals surface area contributed by atoms with Crippen molar-refractivity contribution in [1.29, 1.82) is 0 Å². The summed E-state index contributed by atoms with van der Waals surface area (Å²) in [4.78, 5) is 16.9. The Bertz CT molecular complexity index is 730. The van der Waals surface area contributed by atoms with Crippen LogP contribution in [0.1, 0.15) is 31.1 Å². The Labute approximate surface area is 150 Å². The van der Waals surface area contributed by atoms with Crippen LogP contribution in [0.5, 0.6) is 5.75 Å². The van der Waals surface area contributed by atoms with Gasteiger partial charge in [0, 0.05) is 44.5 Å². The van der Waals surface area contributed by atoms with Crippen molar-refractivity contribution in [2.24, 2.45) is 5.41 Å². The molecule has 0 atom stereocenters. The predicted molar refractivity (Wildman–Crippen MR) is 97.9 cm³/mol. The summed E-state index contributed by atoms with van der Waals surface area (Å²) in [5.74, 6) is 0.122. The first-order chi connectivity index (χ1) is 11.5. The molecule has 0 aliphatic carbocycles. The Morgan fingerprint density at radius 2 is 1.76 bits per heavy atom. The lowest BCUT2D eigenvalue weighted by molar-refractivity contribution is 0.0592. The van der Waals surface area contributed by atoms with Gasteiger partial charge < -0.3 is 9.64 Å². The first kappa shape index (κ1) is 19.7. The second-order valence-electron chi connectivity index (χ2n) is 7.77. The summed E-state index contributed by atoms with van der Waals surface area (Å²) in [6, 6.07) is 4.58. The molecule has 2 rings (SSSR count). The number of piperazine rings is 1. The minimum Gasteiger partial charge on any atom is -0.495 e. The molecule has 0 spiro atoms. The molecule has 0 saturated carbocycles. The highest BCUT2D eigenvalue weighted by atomic mass is 32.2. The maximum atomic E-state index is 12.7. The second kappa shape index (κ2) is 7.33. The van der Waals surface area contributed by atoms with Crippen LogP contribution < -0.4 is 4.74 Å². The second-order valence-corrected chi connectivity index (χ2v) is 9.75. The van der Waals surface area contributed by atoms with E-state index in [4.69, 9.17) is 4.74 Å². The van der Waals surface area contributed by atoms with Gasteiger partial charge in [0.1, 0.15) is 10.6 Å². The van der Waals surface area contributed by atoms with E-state index in [2.05, 4.69) is 25.7 Å². The summed E-state index contributed by atoms with van der Waals surface area (Å²) < 4.78 is 29.0. The fourth-order valence-electron chi connectivity index (χ4n) is 3.06. The van der Waals surface area contributed by atoms with Gasteiger partial charge in [-0.3, -0.25) is 9.69 Å². The van der Waals surface area contributed by atoms with Crippen LogP contribution in [0.3, 0.4) is 0 Å². The molecular formula is C18H28N2O4S. The number of amides is 1. The van der Waals surface area contributed by atoms with Gasteiger partial charge in [-0.25, -0.2) is 8.42 Å². The summed E-state index contributed by atoms with van der Waals surface area (Å²) in [5.41, 5.74) is 0.609. The largest absolute Gasteiger partial charge is 0.495 e. The van der Waals surface area contributed by atoms with Crippen LogP contribution >= 0.6 is 0 Å². The highest BCUT2D eigenvalue weighted by Crippen LogP contribution is 2.26. The van der Waals surface area contributed by atoms with Crippen molar-refractivity contribution >= 4 is 15.7 Å². The zero-order chi connectivity index (χ0) is 18.8. The van der Waals surface area contributed by atoms with E-state index >= 15 is 0 Å². The van der Waals surface area contributed by atoms with Crippen molar-refractivity contribution in [2.75, 3.05) is 46.1 Å². The molecule has 1 aromatic rings. The Kier molecular flexibility index (Phi) is 5.79. The van der Waals surface area contributed by atoms with E-state index in [-0.39, 0.29) is 22.0 Å². The van der Waals surface area contributed by atoms with Crippen LogP contribution in [0.25, 0.3) is 0 Å². The summed E-state index contributed by atoms with van der Waals surface area (Å²) in [6.07, 6.45) is 1.12. The van der Waals surface area contributed by atoms with E-state index in [1.54, 1.807) is 17.0 Å². The van der Waals surface area contributed by atoms with E-state index in [9.17, 15) is 13.2 Å². The molecule has 1 heterocycles. The summed E-state index contributed by atoms with van der Waals surface area (Å²) in [5, 5.41) is 0. The minimum absolute atomic E-state index is 0.0484. The molecule has 0 unspecified atom stereocenters. The van der Waals surface area contributed by atoms with Gasteiger partial charge in [-0.1, -0.05) is 20.8 Å². The van der Waals surface area contributed by atoms with Gasteiger partial charge >= 0.3 is 0 Å². The monoisotopic (exact) mass is 368 g/mol. The smallest absolute Gasteiger partial charge is 0.253 e. The summed E-state index contributed by atoms with van der Waals surface area (Å²) >= 11 is 0. The molecular weight excluding hydrogens is 340 g/mol. The quantitative estimate of drug-likeness (QED) is 0.812. The first-order valence-electron chi connectivity index (χ1n) is 8.41. The van der Waals surface area contributed by atoms with E-state index < -0.39 is 9.84 Å². The van der Waals surface area contributed by atoms with Crippen LogP contribution in [0, 0.1) is 5.41 Å². The Morgan fingerprint density at radius 1 is 1.16 bits per heavy atom. The topological polar surface area (TPSA) is 66.9 Å². The lowest BCUT2D eigenvalue weighted by Crippen LogP contribution is -2.50. The molecule has 0 radical (unpaired) electrons. The standard InChI is InChI=1S/C18H28N2O4S/c1-18(2,3)13-19-8-10-20(11-9-19)17(21)14-6-7-15(24-4)16(12-14)25(5,22)23/h6-7,12H,8-11,13H2,1-5H3. The Balaban J connectivity index is 2.12. The lowest BCUT2D eigenvalue weighted by Gasteiger charge is -2.37. The average molecular weight is 368 g/mol. The number of hydrogen-bond acceptors (Lipinski definition) is 5. The zero-order valence-electron chi connectivity index (χ0n) is 15.7. The molecule has 0 N–H and O–H groups in total. The molecule has 1 amide bonds. The molecule has 1 fully saturated rings. The third-order valence-corrected chi connectivity index (χ3v) is 5.29. The van der Waals surface area contributed by atoms with Crippen molar-refractivity contribution in [3.05, 3.63) is 23.8 Å². The molecule has 6 nitrogen and oxygen atoms in total. The van der Waals surface area contributed by atoms with Crippen molar-refractivity contribution < 1.29 is 17.9 Å². The van der Waals surface area contributed by atoms with Crippen LogP contribution in [-0.4, -0.2) is 70.2 Å². The van der Waals surface area contributed by atoms with Gasteiger partial charge in [0.25, 0.3) is 5.91 Å². The number of carbonyl (C=O) groups is 1. The molecule has 0 bridgehead atoms.